The molecule has 19 heavy (non-hydrogen) atoms. The molecule has 3 N–H and O–H groups in total. The Bertz CT molecular complexity index is 454. The molecule has 1 heterocycles. The maximum Gasteiger partial charge on any atom is 0.226 e. The minimum Gasteiger partial charge on any atom is -0.399 e. The molecule has 5 heteroatoms. The SMILES string of the molecule is CC(C)C(=O)Nc1cc(N)cc(N2CCOCC2)c1. The number of benzene rings is 1. The Morgan fingerprint density at radius 3 is 2.63 bits per heavy atom. The molecule has 1 fully saturated rings. The van der Waals surface area contributed by atoms with Crippen molar-refractivity contribution in [2.75, 3.05) is 42.3 Å². The maximum atomic E-state index is 11.7. The van der Waals surface area contributed by atoms with E-state index in [1.54, 1.807) is 6.07 Å². The van der Waals surface area contributed by atoms with Gasteiger partial charge in [-0.25, -0.2) is 0 Å². The van der Waals surface area contributed by atoms with Crippen molar-refractivity contribution in [1.29, 1.82) is 0 Å². The number of carbonyl (C=O) groups is 1. The van der Waals surface area contributed by atoms with E-state index in [2.05, 4.69) is 10.2 Å². The van der Waals surface area contributed by atoms with Crippen molar-refractivity contribution in [2.45, 2.75) is 13.8 Å². The van der Waals surface area contributed by atoms with E-state index in [1.165, 1.54) is 0 Å². The second-order valence-electron chi connectivity index (χ2n) is 5.06. The van der Waals surface area contributed by atoms with Crippen LogP contribution in [0.4, 0.5) is 17.1 Å². The van der Waals surface area contributed by atoms with Gasteiger partial charge in [-0.3, -0.25) is 4.79 Å². The zero-order valence-corrected chi connectivity index (χ0v) is 11.5. The van der Waals surface area contributed by atoms with Gasteiger partial charge in [-0.1, -0.05) is 13.8 Å². The van der Waals surface area contributed by atoms with Crippen molar-refractivity contribution in [3.63, 3.8) is 0 Å². The number of nitrogens with two attached hydrogens (primary N) is 1. The summed E-state index contributed by atoms with van der Waals surface area (Å²) in [6.07, 6.45) is 0. The van der Waals surface area contributed by atoms with Crippen LogP contribution in [0.1, 0.15) is 13.8 Å². The molecule has 1 aliphatic heterocycles. The largest absolute Gasteiger partial charge is 0.399 e. The van der Waals surface area contributed by atoms with Crippen LogP contribution in [-0.2, 0) is 9.53 Å². The number of ether oxygens (including phenoxy) is 1. The predicted molar refractivity (Wildman–Crippen MR) is 77.4 cm³/mol. The third-order valence-electron chi connectivity index (χ3n) is 3.11. The molecule has 0 spiro atoms. The monoisotopic (exact) mass is 263 g/mol. The van der Waals surface area contributed by atoms with E-state index in [0.29, 0.717) is 5.69 Å². The zero-order valence-electron chi connectivity index (χ0n) is 11.5. The molecule has 2 rings (SSSR count). The summed E-state index contributed by atoms with van der Waals surface area (Å²) in [5, 5.41) is 2.88. The summed E-state index contributed by atoms with van der Waals surface area (Å²) in [4.78, 5) is 13.9. The molecule has 104 valence electrons. The Labute approximate surface area is 113 Å². The van der Waals surface area contributed by atoms with Gasteiger partial charge in [0.05, 0.1) is 13.2 Å². The molecule has 0 atom stereocenters. The molecular weight excluding hydrogens is 242 g/mol. The van der Waals surface area contributed by atoms with Crippen LogP contribution in [0.2, 0.25) is 0 Å². The number of hydrogen-bond donors (Lipinski definition) is 2. The fourth-order valence-electron chi connectivity index (χ4n) is 2.00. The lowest BCUT2D eigenvalue weighted by Gasteiger charge is -2.29. The number of anilines is 3. The van der Waals surface area contributed by atoms with Gasteiger partial charge in [-0.2, -0.15) is 0 Å². The van der Waals surface area contributed by atoms with E-state index in [0.717, 1.165) is 37.7 Å². The molecule has 0 unspecified atom stereocenters. The lowest BCUT2D eigenvalue weighted by molar-refractivity contribution is -0.118. The van der Waals surface area contributed by atoms with Crippen LogP contribution in [0.15, 0.2) is 18.2 Å². The molecule has 1 aromatic carbocycles. The first-order chi connectivity index (χ1) is 9.06. The van der Waals surface area contributed by atoms with E-state index in [-0.39, 0.29) is 11.8 Å². The van der Waals surface area contributed by atoms with E-state index in [1.807, 2.05) is 26.0 Å². The number of morpholine rings is 1. The Hall–Kier alpha value is -1.75. The molecule has 0 aliphatic carbocycles. The smallest absolute Gasteiger partial charge is 0.226 e. The fourth-order valence-corrected chi connectivity index (χ4v) is 2.00. The van der Waals surface area contributed by atoms with Crippen molar-refractivity contribution in [3.8, 4) is 0 Å². The number of nitrogens with one attached hydrogen (secondary N) is 1. The number of rotatable bonds is 3. The molecular formula is C14H21N3O2. The van der Waals surface area contributed by atoms with Crippen molar-refractivity contribution in [3.05, 3.63) is 18.2 Å². The van der Waals surface area contributed by atoms with Gasteiger partial charge in [-0.15, -0.1) is 0 Å². The van der Waals surface area contributed by atoms with Crippen LogP contribution >= 0.6 is 0 Å². The summed E-state index contributed by atoms with van der Waals surface area (Å²) in [6.45, 7) is 6.88. The van der Waals surface area contributed by atoms with Crippen LogP contribution in [0, 0.1) is 5.92 Å². The number of carbonyl (C=O) groups excluding carboxylic acids is 1. The molecule has 5 nitrogen and oxygen atoms in total. The fraction of sp³-hybridized carbons (Fsp3) is 0.500. The Morgan fingerprint density at radius 2 is 2.00 bits per heavy atom. The van der Waals surface area contributed by atoms with Crippen LogP contribution in [0.5, 0.6) is 0 Å². The third kappa shape index (κ3) is 3.61. The number of amides is 1. The lowest BCUT2D eigenvalue weighted by atomic mass is 10.2. The lowest BCUT2D eigenvalue weighted by Crippen LogP contribution is -2.36. The van der Waals surface area contributed by atoms with Gasteiger partial charge in [-0.05, 0) is 18.2 Å². The summed E-state index contributed by atoms with van der Waals surface area (Å²) in [6, 6.07) is 5.67. The molecule has 0 saturated carbocycles. The molecule has 0 aromatic heterocycles. The maximum absolute atomic E-state index is 11.7. The average molecular weight is 263 g/mol. The van der Waals surface area contributed by atoms with E-state index >= 15 is 0 Å². The standard InChI is InChI=1S/C14H21N3O2/c1-10(2)14(18)16-12-7-11(15)8-13(9-12)17-3-5-19-6-4-17/h7-10H,3-6,15H2,1-2H3,(H,16,18). The van der Waals surface area contributed by atoms with Crippen LogP contribution in [0.3, 0.4) is 0 Å². The van der Waals surface area contributed by atoms with Crippen molar-refractivity contribution in [1.82, 2.24) is 0 Å². The topological polar surface area (TPSA) is 67.6 Å². The number of hydrogen-bond acceptors (Lipinski definition) is 4. The van der Waals surface area contributed by atoms with Crippen molar-refractivity contribution in [2.24, 2.45) is 5.92 Å². The first-order valence-electron chi connectivity index (χ1n) is 6.60. The summed E-state index contributed by atoms with van der Waals surface area (Å²) < 4.78 is 5.34. The minimum atomic E-state index is -0.0479. The zero-order chi connectivity index (χ0) is 13.8. The van der Waals surface area contributed by atoms with Gasteiger partial charge in [0.15, 0.2) is 0 Å². The predicted octanol–water partition coefficient (Wildman–Crippen LogP) is 1.70. The van der Waals surface area contributed by atoms with Gasteiger partial charge in [0.2, 0.25) is 5.91 Å². The van der Waals surface area contributed by atoms with Gasteiger partial charge in [0.1, 0.15) is 0 Å². The van der Waals surface area contributed by atoms with Gasteiger partial charge in [0.25, 0.3) is 0 Å². The summed E-state index contributed by atoms with van der Waals surface area (Å²) in [5.41, 5.74) is 8.34. The van der Waals surface area contributed by atoms with E-state index < -0.39 is 0 Å². The summed E-state index contributed by atoms with van der Waals surface area (Å²) in [7, 11) is 0. The van der Waals surface area contributed by atoms with Gasteiger partial charge >= 0.3 is 0 Å². The highest BCUT2D eigenvalue weighted by Crippen LogP contribution is 2.25. The highest BCUT2D eigenvalue weighted by Gasteiger charge is 2.13. The van der Waals surface area contributed by atoms with Crippen LogP contribution < -0.4 is 16.0 Å². The highest BCUT2D eigenvalue weighted by atomic mass is 16.5. The van der Waals surface area contributed by atoms with Crippen molar-refractivity contribution >= 4 is 23.0 Å². The van der Waals surface area contributed by atoms with Crippen molar-refractivity contribution < 1.29 is 9.53 Å². The average Bonchev–Trinajstić information content (AvgIpc) is 2.39. The number of nitrogens with zero attached hydrogens (tertiary/aromatic N) is 1. The first kappa shape index (κ1) is 13.7. The summed E-state index contributed by atoms with van der Waals surface area (Å²) in [5.74, 6) is -0.0493. The molecule has 1 amide bonds. The second kappa shape index (κ2) is 5.93. The normalized spacial score (nSPS) is 15.6. The van der Waals surface area contributed by atoms with Gasteiger partial charge < -0.3 is 20.7 Å². The van der Waals surface area contributed by atoms with Crippen LogP contribution in [-0.4, -0.2) is 32.2 Å². The molecule has 1 aliphatic rings. The minimum absolute atomic E-state index is 0.00136. The second-order valence-corrected chi connectivity index (χ2v) is 5.06. The Kier molecular flexibility index (Phi) is 4.27. The number of nitrogen functional groups attached to an aromatic ring is 1. The van der Waals surface area contributed by atoms with Gasteiger partial charge in [0, 0.05) is 36.1 Å². The van der Waals surface area contributed by atoms with Crippen LogP contribution in [0.25, 0.3) is 0 Å². The van der Waals surface area contributed by atoms with E-state index in [4.69, 9.17) is 10.5 Å². The molecule has 0 radical (unpaired) electrons. The molecule has 1 saturated heterocycles. The van der Waals surface area contributed by atoms with E-state index in [9.17, 15) is 4.79 Å². The third-order valence-corrected chi connectivity index (χ3v) is 3.11. The first-order valence-corrected chi connectivity index (χ1v) is 6.60. The molecule has 1 aromatic rings. The quantitative estimate of drug-likeness (QED) is 0.815. The Balaban J connectivity index is 2.16. The Morgan fingerprint density at radius 1 is 1.32 bits per heavy atom. The summed E-state index contributed by atoms with van der Waals surface area (Å²) >= 11 is 0. The highest BCUT2D eigenvalue weighted by molar-refractivity contribution is 5.93. The molecule has 0 bridgehead atoms.